The third kappa shape index (κ3) is 5.88. The summed E-state index contributed by atoms with van der Waals surface area (Å²) in [7, 11) is 0. The number of nitrogens with two attached hydrogens (primary N) is 1. The van der Waals surface area contributed by atoms with Gasteiger partial charge in [-0.2, -0.15) is 4.39 Å². The van der Waals surface area contributed by atoms with Gasteiger partial charge in [0.15, 0.2) is 23.0 Å². The molecular weight excluding hydrogens is 572 g/mol. The summed E-state index contributed by atoms with van der Waals surface area (Å²) in [5.41, 5.74) is 8.20. The molecule has 2 aliphatic rings. The maximum Gasteiger partial charge on any atom is 0.317 e. The Balaban J connectivity index is 1.15. The Hall–Kier alpha value is -5.11. The van der Waals surface area contributed by atoms with Gasteiger partial charge in [0.2, 0.25) is 5.82 Å². The molecule has 3 amide bonds. The first kappa shape index (κ1) is 29.0. The van der Waals surface area contributed by atoms with Crippen molar-refractivity contribution >= 4 is 35.3 Å². The molecule has 0 spiro atoms. The largest absolute Gasteiger partial charge is 0.488 e. The first-order valence-electron chi connectivity index (χ1n) is 14.2. The quantitative estimate of drug-likeness (QED) is 0.267. The van der Waals surface area contributed by atoms with Crippen molar-refractivity contribution < 1.29 is 23.1 Å². The van der Waals surface area contributed by atoms with Crippen molar-refractivity contribution in [3.8, 4) is 17.0 Å². The molecule has 44 heavy (non-hydrogen) atoms. The van der Waals surface area contributed by atoms with E-state index in [1.165, 1.54) is 24.5 Å². The molecule has 228 valence electrons. The number of benzene rings is 2. The summed E-state index contributed by atoms with van der Waals surface area (Å²) in [6, 6.07) is 7.93. The highest BCUT2D eigenvalue weighted by Gasteiger charge is 2.26. The van der Waals surface area contributed by atoms with Crippen LogP contribution in [0.25, 0.3) is 16.9 Å². The van der Waals surface area contributed by atoms with Gasteiger partial charge in [-0.3, -0.25) is 14.2 Å². The number of hydrogen-bond acceptors (Lipinski definition) is 8. The minimum Gasteiger partial charge on any atom is -0.488 e. The van der Waals surface area contributed by atoms with Crippen molar-refractivity contribution in [1.29, 1.82) is 0 Å². The van der Waals surface area contributed by atoms with Gasteiger partial charge in [-0.1, -0.05) is 0 Å². The fourth-order valence-corrected chi connectivity index (χ4v) is 5.06. The number of urea groups is 1. The lowest BCUT2D eigenvalue weighted by Crippen LogP contribution is -2.53. The number of piperazine rings is 1. The van der Waals surface area contributed by atoms with E-state index in [-0.39, 0.29) is 35.9 Å². The molecule has 4 aromatic rings. The molecule has 1 unspecified atom stereocenters. The predicted octanol–water partition coefficient (Wildman–Crippen LogP) is 2.98. The Morgan fingerprint density at radius 2 is 1.84 bits per heavy atom. The lowest BCUT2D eigenvalue weighted by molar-refractivity contribution is 0.0664. The number of aromatic nitrogens is 3. The van der Waals surface area contributed by atoms with Crippen LogP contribution in [0, 0.1) is 18.6 Å². The second kappa shape index (κ2) is 12.2. The zero-order chi connectivity index (χ0) is 30.8. The lowest BCUT2D eigenvalue weighted by atomic mass is 10.1. The molecule has 2 aliphatic heterocycles. The predicted molar refractivity (Wildman–Crippen MR) is 161 cm³/mol. The molecule has 14 heteroatoms. The van der Waals surface area contributed by atoms with E-state index in [0.29, 0.717) is 67.7 Å². The van der Waals surface area contributed by atoms with E-state index in [9.17, 15) is 14.0 Å². The van der Waals surface area contributed by atoms with Crippen LogP contribution in [0.3, 0.4) is 0 Å². The van der Waals surface area contributed by atoms with Crippen LogP contribution in [0.2, 0.25) is 0 Å². The van der Waals surface area contributed by atoms with Gasteiger partial charge in [0.05, 0.1) is 11.9 Å². The molecule has 0 radical (unpaired) electrons. The Morgan fingerprint density at radius 1 is 1.07 bits per heavy atom. The summed E-state index contributed by atoms with van der Waals surface area (Å²) >= 11 is 0. The first-order valence-corrected chi connectivity index (χ1v) is 14.2. The standard InChI is InChI=1S/C30H31F2N9O3/c1-18-14-19(2-3-21(18)29(42)39-10-12-40(13-11-39)30(43)35-7-6-33)38-27-28-37-16-23(41(28)9-8-34-27)22-4-5-24(26(32)25(22)31)44-17-20-15-36-20/h2-5,8-9,14-16,20H,6-7,10-13,17,33H2,1H3,(H,34,38)(H,35,43). The Kier molecular flexibility index (Phi) is 8.07. The minimum atomic E-state index is -1.08. The SMILES string of the molecule is Cc1cc(Nc2nccn3c(-c4ccc(OCC5C=N5)c(F)c4F)cnc23)ccc1C(=O)N1CCN(C(=O)NCCN)CC1. The lowest BCUT2D eigenvalue weighted by Gasteiger charge is -2.35. The zero-order valence-corrected chi connectivity index (χ0v) is 24.0. The monoisotopic (exact) mass is 603 g/mol. The van der Waals surface area contributed by atoms with Gasteiger partial charge in [0.25, 0.3) is 5.91 Å². The first-order chi connectivity index (χ1) is 21.3. The number of carbonyl (C=O) groups is 2. The van der Waals surface area contributed by atoms with Gasteiger partial charge in [-0.25, -0.2) is 19.2 Å². The molecule has 0 bridgehead atoms. The number of nitrogens with one attached hydrogen (secondary N) is 2. The van der Waals surface area contributed by atoms with Crippen LogP contribution >= 0.6 is 0 Å². The molecule has 6 rings (SSSR count). The summed E-state index contributed by atoms with van der Waals surface area (Å²) in [4.78, 5) is 41.6. The zero-order valence-electron chi connectivity index (χ0n) is 24.0. The van der Waals surface area contributed by atoms with Crippen molar-refractivity contribution in [1.82, 2.24) is 29.5 Å². The van der Waals surface area contributed by atoms with Crippen molar-refractivity contribution in [2.45, 2.75) is 13.0 Å². The number of fused-ring (bicyclic) bond motifs is 1. The number of amides is 3. The van der Waals surface area contributed by atoms with Crippen LogP contribution in [-0.4, -0.2) is 94.2 Å². The summed E-state index contributed by atoms with van der Waals surface area (Å²) in [5, 5.41) is 5.97. The van der Waals surface area contributed by atoms with Crippen molar-refractivity contribution in [3.63, 3.8) is 0 Å². The fraction of sp³-hybridized carbons (Fsp3) is 0.300. The molecule has 2 aromatic heterocycles. The Labute approximate surface area is 251 Å². The number of carbonyl (C=O) groups excluding carboxylic acids is 2. The number of ether oxygens (including phenoxy) is 1. The van der Waals surface area contributed by atoms with Gasteiger partial charge >= 0.3 is 6.03 Å². The second-order valence-electron chi connectivity index (χ2n) is 10.5. The maximum absolute atomic E-state index is 15.1. The van der Waals surface area contributed by atoms with Crippen LogP contribution in [-0.2, 0) is 0 Å². The smallest absolute Gasteiger partial charge is 0.317 e. The highest BCUT2D eigenvalue weighted by molar-refractivity contribution is 5.96. The van der Waals surface area contributed by atoms with E-state index >= 15 is 4.39 Å². The van der Waals surface area contributed by atoms with E-state index in [1.807, 2.05) is 13.0 Å². The Morgan fingerprint density at radius 3 is 2.57 bits per heavy atom. The normalized spacial score (nSPS) is 15.9. The number of hydrogen-bond donors (Lipinski definition) is 3. The van der Waals surface area contributed by atoms with Crippen LogP contribution < -0.4 is 21.1 Å². The summed E-state index contributed by atoms with van der Waals surface area (Å²) in [5.74, 6) is -2.01. The molecule has 0 saturated carbocycles. The number of rotatable bonds is 9. The topological polar surface area (TPSA) is 142 Å². The third-order valence-electron chi connectivity index (χ3n) is 7.51. The van der Waals surface area contributed by atoms with E-state index in [2.05, 4.69) is 25.6 Å². The molecule has 12 nitrogen and oxygen atoms in total. The van der Waals surface area contributed by atoms with Crippen LogP contribution in [0.5, 0.6) is 5.75 Å². The molecule has 2 aromatic carbocycles. The number of aliphatic imine (C=N–C) groups is 1. The third-order valence-corrected chi connectivity index (χ3v) is 7.51. The van der Waals surface area contributed by atoms with Crippen LogP contribution in [0.4, 0.5) is 25.1 Å². The molecule has 1 atom stereocenters. The number of imidazole rings is 1. The Bertz CT molecular complexity index is 1750. The maximum atomic E-state index is 15.1. The summed E-state index contributed by atoms with van der Waals surface area (Å²) < 4.78 is 36.9. The van der Waals surface area contributed by atoms with E-state index in [0.717, 1.165) is 5.56 Å². The number of nitrogens with zero attached hydrogens (tertiary/aromatic N) is 6. The second-order valence-corrected chi connectivity index (χ2v) is 10.5. The van der Waals surface area contributed by atoms with Crippen molar-refractivity contribution in [2.75, 3.05) is 51.2 Å². The van der Waals surface area contributed by atoms with Gasteiger partial charge in [-0.15, -0.1) is 0 Å². The minimum absolute atomic E-state index is 0.0258. The van der Waals surface area contributed by atoms with Crippen LogP contribution in [0.15, 0.2) is 53.9 Å². The summed E-state index contributed by atoms with van der Waals surface area (Å²) in [6.45, 7) is 4.51. The average Bonchev–Trinajstić information content (AvgIpc) is 3.77. The summed E-state index contributed by atoms with van der Waals surface area (Å²) in [6.07, 6.45) is 6.27. The number of aryl methyl sites for hydroxylation is 1. The molecule has 0 aliphatic carbocycles. The fourth-order valence-electron chi connectivity index (χ4n) is 5.06. The van der Waals surface area contributed by atoms with Crippen molar-refractivity contribution in [3.05, 3.63) is 71.7 Å². The van der Waals surface area contributed by atoms with Crippen LogP contribution in [0.1, 0.15) is 15.9 Å². The molecule has 1 saturated heterocycles. The highest BCUT2D eigenvalue weighted by atomic mass is 19.2. The molecule has 4 N–H and O–H groups in total. The molecule has 1 fully saturated rings. The van der Waals surface area contributed by atoms with Gasteiger partial charge in [0, 0.05) is 74.7 Å². The van der Waals surface area contributed by atoms with Gasteiger partial charge < -0.3 is 30.9 Å². The number of anilines is 2. The highest BCUT2D eigenvalue weighted by Crippen LogP contribution is 2.32. The van der Waals surface area contributed by atoms with E-state index in [1.54, 1.807) is 38.7 Å². The average molecular weight is 604 g/mol. The van der Waals surface area contributed by atoms with Gasteiger partial charge in [0.1, 0.15) is 12.6 Å². The molecular formula is C30H31F2N9O3. The van der Waals surface area contributed by atoms with Gasteiger partial charge in [-0.05, 0) is 42.8 Å². The van der Waals surface area contributed by atoms with Crippen molar-refractivity contribution in [2.24, 2.45) is 10.7 Å². The molecule has 4 heterocycles. The number of halogens is 2. The van der Waals surface area contributed by atoms with E-state index in [4.69, 9.17) is 10.5 Å². The van der Waals surface area contributed by atoms with E-state index < -0.39 is 11.6 Å².